The molecule has 0 aliphatic rings. The molecule has 0 saturated heterocycles. The van der Waals surface area contributed by atoms with Gasteiger partial charge in [-0.05, 0) is 16.7 Å². The highest BCUT2D eigenvalue weighted by atomic mass is 16.4. The van der Waals surface area contributed by atoms with Gasteiger partial charge in [-0.15, -0.1) is 0 Å². The van der Waals surface area contributed by atoms with Crippen molar-refractivity contribution in [2.24, 2.45) is 0 Å². The summed E-state index contributed by atoms with van der Waals surface area (Å²) < 4.78 is 1.78. The van der Waals surface area contributed by atoms with Crippen LogP contribution in [-0.2, 0) is 12.1 Å². The summed E-state index contributed by atoms with van der Waals surface area (Å²) in [7, 11) is 0. The van der Waals surface area contributed by atoms with Crippen LogP contribution in [0.3, 0.4) is 0 Å². The van der Waals surface area contributed by atoms with Gasteiger partial charge in [0.25, 0.3) is 0 Å². The van der Waals surface area contributed by atoms with E-state index in [-0.39, 0.29) is 6.54 Å². The number of anilines is 1. The molecule has 4 aromatic rings. The van der Waals surface area contributed by atoms with Gasteiger partial charge in [-0.3, -0.25) is 0 Å². The van der Waals surface area contributed by atoms with Crippen molar-refractivity contribution in [3.8, 4) is 0 Å². The molecule has 6 nitrogen and oxygen atoms in total. The fraction of sp³-hybridized carbons (Fsp3) is 0.120. The van der Waals surface area contributed by atoms with Crippen LogP contribution in [0.1, 0.15) is 16.7 Å². The molecular formula is C25H24N4O2. The summed E-state index contributed by atoms with van der Waals surface area (Å²) in [5.74, 6) is 0.795. The first-order valence-corrected chi connectivity index (χ1v) is 10.1. The maximum atomic E-state index is 10.8. The topological polar surface area (TPSA) is 79.2 Å². The Bertz CT molecular complexity index is 1020. The van der Waals surface area contributed by atoms with E-state index in [0.29, 0.717) is 6.54 Å². The molecule has 1 heterocycles. The molecule has 0 bridgehead atoms. The number of amides is 1. The first-order valence-electron chi connectivity index (χ1n) is 10.1. The van der Waals surface area contributed by atoms with Gasteiger partial charge in [-0.25, -0.2) is 9.48 Å². The number of carboxylic acid groups (broad SMARTS) is 1. The van der Waals surface area contributed by atoms with Crippen molar-refractivity contribution in [1.29, 1.82) is 0 Å². The Morgan fingerprint density at radius 3 is 1.74 bits per heavy atom. The van der Waals surface area contributed by atoms with Crippen molar-refractivity contribution in [3.63, 3.8) is 0 Å². The van der Waals surface area contributed by atoms with Crippen LogP contribution in [0, 0.1) is 0 Å². The molecule has 0 aliphatic carbocycles. The molecule has 0 saturated carbocycles. The Hall–Kier alpha value is -4.06. The number of aromatic nitrogens is 2. The summed E-state index contributed by atoms with van der Waals surface area (Å²) in [6.07, 6.45) is 0.670. The summed E-state index contributed by atoms with van der Waals surface area (Å²) in [6, 6.07) is 32.8. The molecule has 31 heavy (non-hydrogen) atoms. The molecule has 156 valence electrons. The molecule has 0 aliphatic heterocycles. The molecule has 1 aromatic heterocycles. The summed E-state index contributed by atoms with van der Waals surface area (Å²) in [5.41, 5.74) is 2.60. The van der Waals surface area contributed by atoms with Gasteiger partial charge >= 0.3 is 6.09 Å². The lowest BCUT2D eigenvalue weighted by Crippen LogP contribution is -2.39. The number of nitrogens with zero attached hydrogens (tertiary/aromatic N) is 2. The molecular weight excluding hydrogens is 388 g/mol. The highest BCUT2D eigenvalue weighted by molar-refractivity contribution is 5.64. The van der Waals surface area contributed by atoms with Gasteiger partial charge in [0.1, 0.15) is 11.4 Å². The summed E-state index contributed by atoms with van der Waals surface area (Å²) in [4.78, 5) is 10.8. The average molecular weight is 412 g/mol. The molecule has 0 fully saturated rings. The maximum absolute atomic E-state index is 10.8. The predicted molar refractivity (Wildman–Crippen MR) is 121 cm³/mol. The molecule has 0 unspecified atom stereocenters. The van der Waals surface area contributed by atoms with Crippen LogP contribution in [0.4, 0.5) is 10.6 Å². The van der Waals surface area contributed by atoms with Gasteiger partial charge in [0, 0.05) is 12.6 Å². The van der Waals surface area contributed by atoms with Crippen molar-refractivity contribution in [1.82, 2.24) is 15.1 Å². The van der Waals surface area contributed by atoms with E-state index in [0.717, 1.165) is 22.5 Å². The van der Waals surface area contributed by atoms with E-state index in [9.17, 15) is 4.79 Å². The van der Waals surface area contributed by atoms with Gasteiger partial charge in [-0.1, -0.05) is 91.0 Å². The van der Waals surface area contributed by atoms with E-state index < -0.39 is 11.6 Å². The quantitative estimate of drug-likeness (QED) is 0.371. The van der Waals surface area contributed by atoms with E-state index in [1.807, 2.05) is 60.7 Å². The number of nitrogens with one attached hydrogen (secondary N) is 2. The largest absolute Gasteiger partial charge is 0.465 e. The van der Waals surface area contributed by atoms with Crippen molar-refractivity contribution < 1.29 is 9.90 Å². The average Bonchev–Trinajstić information content (AvgIpc) is 3.25. The van der Waals surface area contributed by atoms with Gasteiger partial charge in [0.05, 0.1) is 12.7 Å². The van der Waals surface area contributed by atoms with Crippen LogP contribution in [-0.4, -0.2) is 27.5 Å². The number of carbonyl (C=O) groups is 1. The maximum Gasteiger partial charge on any atom is 0.404 e. The minimum Gasteiger partial charge on any atom is -0.465 e. The van der Waals surface area contributed by atoms with E-state index in [2.05, 4.69) is 52.1 Å². The van der Waals surface area contributed by atoms with Crippen molar-refractivity contribution >= 4 is 11.9 Å². The third-order valence-corrected chi connectivity index (χ3v) is 5.25. The predicted octanol–water partition coefficient (Wildman–Crippen LogP) is 4.55. The second kappa shape index (κ2) is 9.17. The SMILES string of the molecule is O=C(O)NCCn1nccc1NC(c1ccccc1)(c1ccccc1)c1ccccc1. The summed E-state index contributed by atoms with van der Waals surface area (Å²) in [5, 5.41) is 19.4. The van der Waals surface area contributed by atoms with Crippen LogP contribution in [0.2, 0.25) is 0 Å². The number of hydrogen-bond acceptors (Lipinski definition) is 3. The molecule has 4 rings (SSSR count). The standard InChI is InChI=1S/C25H24N4O2/c30-24(31)26-18-19-29-23(16-17-27-29)28-25(20-10-4-1-5-11-20,21-12-6-2-7-13-21)22-14-8-3-9-15-22/h1-17,26,28H,18-19H2,(H,30,31). The summed E-state index contributed by atoms with van der Waals surface area (Å²) in [6.45, 7) is 0.677. The smallest absolute Gasteiger partial charge is 0.404 e. The van der Waals surface area contributed by atoms with Crippen molar-refractivity contribution in [3.05, 3.63) is 120 Å². The Kier molecular flexibility index (Phi) is 5.98. The molecule has 1 amide bonds. The molecule has 0 radical (unpaired) electrons. The second-order valence-electron chi connectivity index (χ2n) is 7.14. The van der Waals surface area contributed by atoms with E-state index >= 15 is 0 Å². The van der Waals surface area contributed by atoms with Gasteiger partial charge < -0.3 is 15.7 Å². The zero-order chi connectivity index (χ0) is 21.5. The molecule has 6 heteroatoms. The fourth-order valence-corrected chi connectivity index (χ4v) is 3.86. The number of rotatable bonds is 8. The normalized spacial score (nSPS) is 11.1. The lowest BCUT2D eigenvalue weighted by Gasteiger charge is -2.37. The van der Waals surface area contributed by atoms with E-state index in [1.54, 1.807) is 10.9 Å². The molecule has 0 spiro atoms. The number of benzene rings is 3. The van der Waals surface area contributed by atoms with E-state index in [1.165, 1.54) is 0 Å². The number of hydrogen-bond donors (Lipinski definition) is 3. The Morgan fingerprint density at radius 1 is 0.806 bits per heavy atom. The Labute approximate surface area is 181 Å². The van der Waals surface area contributed by atoms with Crippen LogP contribution < -0.4 is 10.6 Å². The molecule has 3 N–H and O–H groups in total. The van der Waals surface area contributed by atoms with Gasteiger partial charge in [0.15, 0.2) is 0 Å². The fourth-order valence-electron chi connectivity index (χ4n) is 3.86. The third kappa shape index (κ3) is 4.28. The zero-order valence-electron chi connectivity index (χ0n) is 17.0. The lowest BCUT2D eigenvalue weighted by atomic mass is 9.77. The minimum absolute atomic E-state index is 0.265. The second-order valence-corrected chi connectivity index (χ2v) is 7.14. The highest BCUT2D eigenvalue weighted by Gasteiger charge is 2.37. The zero-order valence-corrected chi connectivity index (χ0v) is 17.0. The Morgan fingerprint density at radius 2 is 1.29 bits per heavy atom. The molecule has 0 atom stereocenters. The first kappa shape index (κ1) is 20.2. The summed E-state index contributed by atoms with van der Waals surface area (Å²) >= 11 is 0. The third-order valence-electron chi connectivity index (χ3n) is 5.25. The monoisotopic (exact) mass is 412 g/mol. The van der Waals surface area contributed by atoms with Crippen LogP contribution in [0.5, 0.6) is 0 Å². The van der Waals surface area contributed by atoms with Gasteiger partial charge in [0.2, 0.25) is 0 Å². The van der Waals surface area contributed by atoms with Crippen LogP contribution in [0.15, 0.2) is 103 Å². The first-order chi connectivity index (χ1) is 15.2. The highest BCUT2D eigenvalue weighted by Crippen LogP contribution is 2.39. The van der Waals surface area contributed by atoms with Crippen molar-refractivity contribution in [2.45, 2.75) is 12.1 Å². The van der Waals surface area contributed by atoms with Crippen LogP contribution in [0.25, 0.3) is 0 Å². The Balaban J connectivity index is 1.84. The van der Waals surface area contributed by atoms with Crippen molar-refractivity contribution in [2.75, 3.05) is 11.9 Å². The minimum atomic E-state index is -1.05. The van der Waals surface area contributed by atoms with E-state index in [4.69, 9.17) is 5.11 Å². The van der Waals surface area contributed by atoms with Crippen LogP contribution >= 0.6 is 0 Å². The van der Waals surface area contributed by atoms with Gasteiger partial charge in [-0.2, -0.15) is 5.10 Å². The molecule has 3 aromatic carbocycles. The lowest BCUT2D eigenvalue weighted by molar-refractivity contribution is 0.194.